The van der Waals surface area contributed by atoms with Crippen LogP contribution < -0.4 is 0 Å². The maximum Gasteiger partial charge on any atom is 0.0529 e. The van der Waals surface area contributed by atoms with Gasteiger partial charge in [-0.1, -0.05) is 44.0 Å². The lowest BCUT2D eigenvalue weighted by Crippen LogP contribution is -1.92. The third kappa shape index (κ3) is 3.66. The number of hydrogen-bond acceptors (Lipinski definition) is 1. The lowest BCUT2D eigenvalue weighted by Gasteiger charge is -2.07. The summed E-state index contributed by atoms with van der Waals surface area (Å²) < 4.78 is 2.34. The van der Waals surface area contributed by atoms with E-state index in [1.807, 2.05) is 11.3 Å². The number of thiophene rings is 1. The van der Waals surface area contributed by atoms with Crippen molar-refractivity contribution in [1.82, 2.24) is 0 Å². The van der Waals surface area contributed by atoms with Crippen LogP contribution in [-0.4, -0.2) is 0 Å². The minimum absolute atomic E-state index is 0.381. The zero-order valence-electron chi connectivity index (χ0n) is 9.21. The van der Waals surface area contributed by atoms with E-state index >= 15 is 0 Å². The predicted molar refractivity (Wildman–Crippen MR) is 86.3 cm³/mol. The van der Waals surface area contributed by atoms with Crippen LogP contribution in [0, 0.1) is 6.92 Å². The van der Waals surface area contributed by atoms with Gasteiger partial charge in [-0.15, -0.1) is 11.3 Å². The molecule has 0 amide bonds. The van der Waals surface area contributed by atoms with Gasteiger partial charge >= 0.3 is 0 Å². The molecule has 90 valence electrons. The molecule has 0 fully saturated rings. The van der Waals surface area contributed by atoms with Crippen molar-refractivity contribution in [2.24, 2.45) is 0 Å². The van der Waals surface area contributed by atoms with Crippen molar-refractivity contribution in [3.8, 4) is 0 Å². The van der Waals surface area contributed by atoms with Crippen LogP contribution in [0.3, 0.4) is 0 Å². The Morgan fingerprint density at radius 3 is 2.59 bits per heavy atom. The maximum atomic E-state index is 3.77. The number of rotatable bonds is 3. The lowest BCUT2D eigenvalue weighted by molar-refractivity contribution is 0.968. The van der Waals surface area contributed by atoms with Crippen molar-refractivity contribution in [2.75, 3.05) is 0 Å². The van der Waals surface area contributed by atoms with Crippen LogP contribution in [0.4, 0.5) is 0 Å². The van der Waals surface area contributed by atoms with Gasteiger partial charge in [-0.2, -0.15) is 0 Å². The maximum absolute atomic E-state index is 3.77. The molecule has 4 heteroatoms. The minimum Gasteiger partial charge on any atom is -0.143 e. The van der Waals surface area contributed by atoms with Gasteiger partial charge in [0.05, 0.1) is 4.83 Å². The van der Waals surface area contributed by atoms with Gasteiger partial charge in [0, 0.05) is 18.7 Å². The molecule has 0 aliphatic rings. The molecule has 1 heterocycles. The minimum atomic E-state index is 0.381. The zero-order valence-corrected chi connectivity index (χ0v) is 14.8. The summed E-state index contributed by atoms with van der Waals surface area (Å²) in [6, 6.07) is 10.7. The molecule has 1 atom stereocenters. The molecule has 0 nitrogen and oxygen atoms in total. The largest absolute Gasteiger partial charge is 0.143 e. The van der Waals surface area contributed by atoms with Gasteiger partial charge in [-0.3, -0.25) is 0 Å². The highest BCUT2D eigenvalue weighted by Gasteiger charge is 2.13. The average molecular weight is 439 g/mol. The molecule has 0 spiro atoms. The first-order valence-electron chi connectivity index (χ1n) is 5.20. The molecule has 0 radical (unpaired) electrons. The number of hydrogen-bond donors (Lipinski definition) is 0. The van der Waals surface area contributed by atoms with Crippen molar-refractivity contribution in [2.45, 2.75) is 18.2 Å². The first-order chi connectivity index (χ1) is 8.06. The van der Waals surface area contributed by atoms with E-state index in [1.54, 1.807) is 0 Å². The first-order valence-corrected chi connectivity index (χ1v) is 8.52. The van der Waals surface area contributed by atoms with E-state index in [-0.39, 0.29) is 0 Å². The molecule has 0 aliphatic heterocycles. The fraction of sp³-hybridized carbons (Fsp3) is 0.231. The second-order valence-electron chi connectivity index (χ2n) is 3.85. The average Bonchev–Trinajstić information content (AvgIpc) is 2.59. The summed E-state index contributed by atoms with van der Waals surface area (Å²) in [6.45, 7) is 2.14. The number of aryl methyl sites for hydroxylation is 1. The Bertz CT molecular complexity index is 500. The van der Waals surface area contributed by atoms with Crippen molar-refractivity contribution in [3.63, 3.8) is 0 Å². The van der Waals surface area contributed by atoms with Crippen LogP contribution in [0.25, 0.3) is 0 Å². The van der Waals surface area contributed by atoms with Crippen molar-refractivity contribution in [1.29, 1.82) is 0 Å². The normalized spacial score (nSPS) is 12.7. The summed E-state index contributed by atoms with van der Waals surface area (Å²) in [7, 11) is 0. The molecule has 1 aromatic carbocycles. The van der Waals surface area contributed by atoms with E-state index in [2.05, 4.69) is 85.0 Å². The summed E-state index contributed by atoms with van der Waals surface area (Å²) in [5, 5.41) is 0. The number of benzene rings is 1. The topological polar surface area (TPSA) is 0 Å². The molecule has 0 bridgehead atoms. The Labute approximate surface area is 131 Å². The Kier molecular flexibility index (Phi) is 4.87. The quantitative estimate of drug-likeness (QED) is 0.496. The van der Waals surface area contributed by atoms with Gasteiger partial charge < -0.3 is 0 Å². The molecule has 0 aliphatic carbocycles. The zero-order chi connectivity index (χ0) is 12.4. The molecule has 1 aromatic heterocycles. The standard InChI is InChI=1S/C13H11Br3S/c1-8-11(15)7-13(17-8)12(16)6-9-3-2-4-10(14)5-9/h2-5,7,12H,6H2,1H3. The van der Waals surface area contributed by atoms with Gasteiger partial charge in [-0.05, 0) is 53.0 Å². The Hall–Kier alpha value is 0.360. The summed E-state index contributed by atoms with van der Waals surface area (Å²) in [5.41, 5.74) is 1.34. The van der Waals surface area contributed by atoms with Gasteiger partial charge in [-0.25, -0.2) is 0 Å². The fourth-order valence-corrected chi connectivity index (χ4v) is 4.38. The van der Waals surface area contributed by atoms with Crippen LogP contribution in [0.5, 0.6) is 0 Å². The fourth-order valence-electron chi connectivity index (χ4n) is 1.61. The molecule has 17 heavy (non-hydrogen) atoms. The number of alkyl halides is 1. The van der Waals surface area contributed by atoms with Crippen LogP contribution in [0.2, 0.25) is 0 Å². The highest BCUT2D eigenvalue weighted by atomic mass is 79.9. The third-order valence-corrected chi connectivity index (χ3v) is 6.35. The van der Waals surface area contributed by atoms with Crippen molar-refractivity contribution in [3.05, 3.63) is 54.6 Å². The highest BCUT2D eigenvalue weighted by Crippen LogP contribution is 2.36. The van der Waals surface area contributed by atoms with E-state index in [0.29, 0.717) is 4.83 Å². The van der Waals surface area contributed by atoms with Crippen LogP contribution in [0.15, 0.2) is 39.3 Å². The van der Waals surface area contributed by atoms with Crippen molar-refractivity contribution < 1.29 is 0 Å². The smallest absolute Gasteiger partial charge is 0.0529 e. The molecule has 0 saturated carbocycles. The Balaban J connectivity index is 2.14. The van der Waals surface area contributed by atoms with Gasteiger partial charge in [0.15, 0.2) is 0 Å². The monoisotopic (exact) mass is 436 g/mol. The van der Waals surface area contributed by atoms with Crippen molar-refractivity contribution >= 4 is 59.1 Å². The third-order valence-electron chi connectivity index (χ3n) is 2.49. The second kappa shape index (κ2) is 6.00. The molecule has 1 unspecified atom stereocenters. The van der Waals surface area contributed by atoms with Crippen LogP contribution in [0.1, 0.15) is 20.1 Å². The molecular weight excluding hydrogens is 428 g/mol. The van der Waals surface area contributed by atoms with Gasteiger partial charge in [0.2, 0.25) is 0 Å². The van der Waals surface area contributed by atoms with E-state index in [0.717, 1.165) is 10.9 Å². The Morgan fingerprint density at radius 1 is 1.24 bits per heavy atom. The summed E-state index contributed by atoms with van der Waals surface area (Å²) in [4.78, 5) is 3.08. The molecular formula is C13H11Br3S. The summed E-state index contributed by atoms with van der Waals surface area (Å²) in [5.74, 6) is 0. The van der Waals surface area contributed by atoms with E-state index < -0.39 is 0 Å². The predicted octanol–water partition coefficient (Wildman–Crippen LogP) is 6.26. The lowest BCUT2D eigenvalue weighted by atomic mass is 10.1. The molecule has 2 aromatic rings. The van der Waals surface area contributed by atoms with Crippen LogP contribution >= 0.6 is 59.1 Å². The summed E-state index contributed by atoms with van der Waals surface area (Å²) in [6.07, 6.45) is 1.01. The van der Waals surface area contributed by atoms with E-state index in [9.17, 15) is 0 Å². The van der Waals surface area contributed by atoms with Crippen LogP contribution in [-0.2, 0) is 6.42 Å². The van der Waals surface area contributed by atoms with Gasteiger partial charge in [0.1, 0.15) is 0 Å². The van der Waals surface area contributed by atoms with E-state index in [4.69, 9.17) is 0 Å². The first kappa shape index (κ1) is 13.8. The highest BCUT2D eigenvalue weighted by molar-refractivity contribution is 9.11. The summed E-state index contributed by atoms with van der Waals surface area (Å²) >= 11 is 12.7. The molecule has 0 N–H and O–H groups in total. The molecule has 0 saturated heterocycles. The van der Waals surface area contributed by atoms with Gasteiger partial charge in [0.25, 0.3) is 0 Å². The number of halogens is 3. The Morgan fingerprint density at radius 2 is 2.00 bits per heavy atom. The molecule has 2 rings (SSSR count). The second-order valence-corrected chi connectivity index (χ2v) is 8.02. The SMILES string of the molecule is Cc1sc(C(Br)Cc2cccc(Br)c2)cc1Br. The van der Waals surface area contributed by atoms with E-state index in [1.165, 1.54) is 19.8 Å².